The minimum absolute atomic E-state index is 0.0639. The summed E-state index contributed by atoms with van der Waals surface area (Å²) in [4.78, 5) is 34.4. The smallest absolute Gasteiger partial charge is 0.274 e. The monoisotopic (exact) mass is 396 g/mol. The van der Waals surface area contributed by atoms with Crippen LogP contribution in [0.2, 0.25) is 0 Å². The van der Waals surface area contributed by atoms with Crippen LogP contribution in [-0.2, 0) is 9.59 Å². The predicted octanol–water partition coefficient (Wildman–Crippen LogP) is 0.163. The highest BCUT2D eigenvalue weighted by Crippen LogP contribution is 2.33. The molecule has 4 rings (SSSR count). The fraction of sp³-hybridized carbons (Fsp3) is 0.381. The van der Waals surface area contributed by atoms with Gasteiger partial charge >= 0.3 is 0 Å². The summed E-state index contributed by atoms with van der Waals surface area (Å²) in [5, 5.41) is 2.63. The van der Waals surface area contributed by atoms with Gasteiger partial charge in [-0.15, -0.1) is 0 Å². The van der Waals surface area contributed by atoms with Gasteiger partial charge in [0.05, 0.1) is 38.1 Å². The Bertz CT molecular complexity index is 868. The van der Waals surface area contributed by atoms with Crippen LogP contribution in [-0.4, -0.2) is 69.1 Å². The molecule has 152 valence electrons. The quantitative estimate of drug-likeness (QED) is 0.797. The maximum Gasteiger partial charge on any atom is 0.274 e. The summed E-state index contributed by atoms with van der Waals surface area (Å²) >= 11 is 0. The number of hydrogen-bond acceptors (Lipinski definition) is 5. The van der Waals surface area contributed by atoms with Crippen molar-refractivity contribution in [2.45, 2.75) is 6.10 Å². The molecule has 2 amide bonds. The van der Waals surface area contributed by atoms with Gasteiger partial charge in [-0.3, -0.25) is 14.5 Å². The van der Waals surface area contributed by atoms with Gasteiger partial charge in [0.15, 0.2) is 6.10 Å². The maximum atomic E-state index is 13.0. The number of carbonyl (C=O) groups excluding carboxylic acids is 2. The van der Waals surface area contributed by atoms with Gasteiger partial charge in [0, 0.05) is 13.1 Å². The standard InChI is InChI=1S/C21H25N5O3/c1-22-21(28)18-14-26(16-6-2-3-7-17(16)29-18)15-20(27)25-12-10-24(11-13-25)19-8-4-5-9-23-19/h2-9,18H,10-15H2,1H3,(H,22,28)/p+1/t18-/m0/s1. The van der Waals surface area contributed by atoms with E-state index in [1.807, 2.05) is 58.5 Å². The summed E-state index contributed by atoms with van der Waals surface area (Å²) in [5.41, 5.74) is 0.846. The number of anilines is 2. The zero-order valence-corrected chi connectivity index (χ0v) is 16.5. The van der Waals surface area contributed by atoms with Crippen molar-refractivity contribution in [1.82, 2.24) is 10.2 Å². The summed E-state index contributed by atoms with van der Waals surface area (Å²) < 4.78 is 5.82. The number of rotatable bonds is 4. The lowest BCUT2D eigenvalue weighted by atomic mass is 10.1. The number of nitrogens with one attached hydrogen (secondary N) is 2. The van der Waals surface area contributed by atoms with E-state index < -0.39 is 6.10 Å². The van der Waals surface area contributed by atoms with E-state index in [9.17, 15) is 9.59 Å². The minimum atomic E-state index is -0.631. The molecule has 2 aromatic rings. The van der Waals surface area contributed by atoms with Crippen LogP contribution in [0.25, 0.3) is 0 Å². The zero-order valence-electron chi connectivity index (χ0n) is 16.5. The Labute approximate surface area is 170 Å². The van der Waals surface area contributed by atoms with Crippen LogP contribution in [0, 0.1) is 0 Å². The van der Waals surface area contributed by atoms with Crippen molar-refractivity contribution >= 4 is 23.3 Å². The molecule has 2 aliphatic heterocycles. The molecule has 1 atom stereocenters. The van der Waals surface area contributed by atoms with Crippen LogP contribution >= 0.6 is 0 Å². The van der Waals surface area contributed by atoms with E-state index in [0.717, 1.165) is 24.6 Å². The number of piperazine rings is 1. The lowest BCUT2D eigenvalue weighted by Crippen LogP contribution is -2.54. The molecule has 1 saturated heterocycles. The van der Waals surface area contributed by atoms with E-state index in [4.69, 9.17) is 4.74 Å². The SMILES string of the molecule is CNC(=O)[C@@H]1CN(CC(=O)N2CCN(c3cccc[nH+]3)CC2)c2ccccc2O1. The van der Waals surface area contributed by atoms with Crippen LogP contribution in [0.15, 0.2) is 48.7 Å². The summed E-state index contributed by atoms with van der Waals surface area (Å²) in [5.74, 6) is 1.57. The van der Waals surface area contributed by atoms with Gasteiger partial charge < -0.3 is 19.9 Å². The molecule has 1 aromatic carbocycles. The zero-order chi connectivity index (χ0) is 20.2. The number of pyridine rings is 1. The van der Waals surface area contributed by atoms with Crippen molar-refractivity contribution in [2.75, 3.05) is 56.1 Å². The normalized spacial score (nSPS) is 18.7. The van der Waals surface area contributed by atoms with Crippen molar-refractivity contribution in [3.05, 3.63) is 48.7 Å². The number of para-hydroxylation sites is 2. The molecule has 0 unspecified atom stereocenters. The molecule has 8 nitrogen and oxygen atoms in total. The molecular formula is C21H26N5O3+. The number of aromatic amines is 1. The summed E-state index contributed by atoms with van der Waals surface area (Å²) in [6.07, 6.45) is 1.28. The molecule has 29 heavy (non-hydrogen) atoms. The highest BCUT2D eigenvalue weighted by molar-refractivity contribution is 5.86. The van der Waals surface area contributed by atoms with Crippen LogP contribution < -0.4 is 24.8 Å². The Morgan fingerprint density at radius 1 is 1.10 bits per heavy atom. The maximum absolute atomic E-state index is 13.0. The number of fused-ring (bicyclic) bond motifs is 1. The second kappa shape index (κ2) is 8.38. The van der Waals surface area contributed by atoms with E-state index in [-0.39, 0.29) is 18.4 Å². The fourth-order valence-electron chi connectivity index (χ4n) is 3.79. The molecule has 1 aromatic heterocycles. The summed E-state index contributed by atoms with van der Waals surface area (Å²) in [6, 6.07) is 13.5. The predicted molar refractivity (Wildman–Crippen MR) is 109 cm³/mol. The summed E-state index contributed by atoms with van der Waals surface area (Å²) in [6.45, 7) is 3.49. The van der Waals surface area contributed by atoms with Gasteiger partial charge in [-0.1, -0.05) is 18.2 Å². The van der Waals surface area contributed by atoms with E-state index in [1.165, 1.54) is 0 Å². The third kappa shape index (κ3) is 4.11. The second-order valence-electron chi connectivity index (χ2n) is 7.18. The van der Waals surface area contributed by atoms with Gasteiger partial charge in [0.25, 0.3) is 11.7 Å². The van der Waals surface area contributed by atoms with Gasteiger partial charge in [0.1, 0.15) is 18.8 Å². The Balaban J connectivity index is 1.41. The number of nitrogens with zero attached hydrogens (tertiary/aromatic N) is 3. The molecule has 2 N–H and O–H groups in total. The third-order valence-electron chi connectivity index (χ3n) is 5.39. The second-order valence-corrected chi connectivity index (χ2v) is 7.18. The van der Waals surface area contributed by atoms with Crippen LogP contribution in [0.5, 0.6) is 5.75 Å². The first kappa shape index (κ1) is 19.0. The Kier molecular flexibility index (Phi) is 5.50. The molecule has 0 bridgehead atoms. The molecule has 0 radical (unpaired) electrons. The number of aromatic nitrogens is 1. The van der Waals surface area contributed by atoms with Gasteiger partial charge in [0.2, 0.25) is 5.91 Å². The highest BCUT2D eigenvalue weighted by atomic mass is 16.5. The number of likely N-dealkylation sites (N-methyl/N-ethyl adjacent to an activating group) is 1. The minimum Gasteiger partial charge on any atom is -0.477 e. The van der Waals surface area contributed by atoms with Gasteiger partial charge in [-0.2, -0.15) is 0 Å². The Hall–Kier alpha value is -3.29. The number of H-pyrrole nitrogens is 1. The Morgan fingerprint density at radius 3 is 2.59 bits per heavy atom. The molecule has 8 heteroatoms. The first-order valence-electron chi connectivity index (χ1n) is 9.87. The van der Waals surface area contributed by atoms with Crippen molar-refractivity contribution in [2.24, 2.45) is 0 Å². The number of amides is 2. The van der Waals surface area contributed by atoms with Crippen molar-refractivity contribution in [1.29, 1.82) is 0 Å². The lowest BCUT2D eigenvalue weighted by molar-refractivity contribution is -0.364. The number of benzene rings is 1. The summed E-state index contributed by atoms with van der Waals surface area (Å²) in [7, 11) is 1.59. The number of ether oxygens (including phenoxy) is 1. The fourth-order valence-corrected chi connectivity index (χ4v) is 3.79. The third-order valence-corrected chi connectivity index (χ3v) is 5.39. The van der Waals surface area contributed by atoms with Gasteiger partial charge in [-0.25, -0.2) is 4.98 Å². The average molecular weight is 396 g/mol. The van der Waals surface area contributed by atoms with Crippen molar-refractivity contribution < 1.29 is 19.3 Å². The molecule has 0 aliphatic carbocycles. The van der Waals surface area contributed by atoms with Crippen LogP contribution in [0.4, 0.5) is 11.5 Å². The topological polar surface area (TPSA) is 79.3 Å². The van der Waals surface area contributed by atoms with E-state index >= 15 is 0 Å². The van der Waals surface area contributed by atoms with E-state index in [1.54, 1.807) is 7.05 Å². The highest BCUT2D eigenvalue weighted by Gasteiger charge is 2.33. The molecule has 3 heterocycles. The molecule has 0 saturated carbocycles. The first-order valence-corrected chi connectivity index (χ1v) is 9.87. The van der Waals surface area contributed by atoms with E-state index in [0.29, 0.717) is 25.4 Å². The molecular weight excluding hydrogens is 370 g/mol. The largest absolute Gasteiger partial charge is 0.477 e. The molecule has 1 fully saturated rings. The molecule has 2 aliphatic rings. The van der Waals surface area contributed by atoms with E-state index in [2.05, 4.69) is 15.2 Å². The number of hydrogen-bond donors (Lipinski definition) is 1. The average Bonchev–Trinajstić information content (AvgIpc) is 2.79. The van der Waals surface area contributed by atoms with Crippen molar-refractivity contribution in [3.8, 4) is 5.75 Å². The Morgan fingerprint density at radius 2 is 1.86 bits per heavy atom. The molecule has 0 spiro atoms. The lowest BCUT2D eigenvalue weighted by Gasteiger charge is -2.37. The van der Waals surface area contributed by atoms with Gasteiger partial charge in [-0.05, 0) is 18.2 Å². The first-order chi connectivity index (χ1) is 14.2. The van der Waals surface area contributed by atoms with Crippen molar-refractivity contribution in [3.63, 3.8) is 0 Å². The van der Waals surface area contributed by atoms with Crippen LogP contribution in [0.1, 0.15) is 0 Å². The number of carbonyl (C=O) groups is 2. The van der Waals surface area contributed by atoms with Crippen LogP contribution in [0.3, 0.4) is 0 Å².